The van der Waals surface area contributed by atoms with E-state index in [-0.39, 0.29) is 6.67 Å². The van der Waals surface area contributed by atoms with E-state index in [1.54, 1.807) is 30.3 Å². The van der Waals surface area contributed by atoms with Crippen LogP contribution in [0.3, 0.4) is 0 Å². The minimum absolute atomic E-state index is 0.123. The zero-order valence-corrected chi connectivity index (χ0v) is 12.5. The molecule has 1 aliphatic rings. The highest BCUT2D eigenvalue weighted by Crippen LogP contribution is 2.05. The van der Waals surface area contributed by atoms with Gasteiger partial charge in [-0.1, -0.05) is 18.2 Å². The monoisotopic (exact) mass is 301 g/mol. The van der Waals surface area contributed by atoms with Crippen LogP contribution in [0.4, 0.5) is 5.69 Å². The van der Waals surface area contributed by atoms with Gasteiger partial charge in [-0.05, 0) is 19.2 Å². The summed E-state index contributed by atoms with van der Waals surface area (Å²) in [4.78, 5) is 2.33. The second-order valence-corrected chi connectivity index (χ2v) is 5.87. The fourth-order valence-corrected chi connectivity index (χ4v) is 2.32. The minimum atomic E-state index is -3.51. The predicted octanol–water partition coefficient (Wildman–Crippen LogP) is -0.629. The van der Waals surface area contributed by atoms with E-state index in [2.05, 4.69) is 26.7 Å². The Morgan fingerprint density at radius 2 is 1.85 bits per heavy atom. The van der Waals surface area contributed by atoms with Crippen LogP contribution in [0.2, 0.25) is 0 Å². The molecule has 1 aromatic rings. The normalized spacial score (nSPS) is 16.1. The summed E-state index contributed by atoms with van der Waals surface area (Å²) in [5.41, 5.74) is 5.54. The first-order valence-electron chi connectivity index (χ1n) is 6.45. The number of benzene rings is 1. The molecule has 1 heterocycles. The highest BCUT2D eigenvalue weighted by atomic mass is 32.2. The Kier molecular flexibility index (Phi) is 7.48. The molecule has 114 valence electrons. The lowest BCUT2D eigenvalue weighted by Gasteiger charge is -2.21. The maximum atomic E-state index is 11.1. The summed E-state index contributed by atoms with van der Waals surface area (Å²) in [7, 11) is -1.36. The SMILES string of the molecule is CN1CCNCC1.NCNS(=O)(=O)Nc1ccccc1. The molecule has 1 fully saturated rings. The molecule has 1 saturated heterocycles. The molecule has 1 aliphatic heterocycles. The van der Waals surface area contributed by atoms with Gasteiger partial charge in [0, 0.05) is 31.9 Å². The van der Waals surface area contributed by atoms with Crippen LogP contribution in [0.15, 0.2) is 30.3 Å². The second-order valence-electron chi connectivity index (χ2n) is 4.37. The molecule has 0 bridgehead atoms. The Morgan fingerprint density at radius 1 is 1.25 bits per heavy atom. The van der Waals surface area contributed by atoms with Crippen LogP contribution >= 0.6 is 0 Å². The molecule has 1 aromatic carbocycles. The highest BCUT2D eigenvalue weighted by molar-refractivity contribution is 7.90. The Hall–Kier alpha value is -1.19. The largest absolute Gasteiger partial charge is 0.318 e. The summed E-state index contributed by atoms with van der Waals surface area (Å²) in [5.74, 6) is 0. The van der Waals surface area contributed by atoms with E-state index in [0.717, 1.165) is 13.1 Å². The molecule has 0 atom stereocenters. The topological polar surface area (TPSA) is 99.5 Å². The van der Waals surface area contributed by atoms with Crippen molar-refractivity contribution in [3.8, 4) is 0 Å². The number of nitrogens with zero attached hydrogens (tertiary/aromatic N) is 1. The molecular formula is C12H23N5O2S. The molecule has 0 spiro atoms. The second kappa shape index (κ2) is 8.88. The van der Waals surface area contributed by atoms with Crippen molar-refractivity contribution >= 4 is 15.9 Å². The van der Waals surface area contributed by atoms with Crippen molar-refractivity contribution in [2.24, 2.45) is 5.73 Å². The summed E-state index contributed by atoms with van der Waals surface area (Å²) in [6.07, 6.45) is 0. The van der Waals surface area contributed by atoms with E-state index in [4.69, 9.17) is 5.73 Å². The van der Waals surface area contributed by atoms with Crippen molar-refractivity contribution in [3.05, 3.63) is 30.3 Å². The van der Waals surface area contributed by atoms with Gasteiger partial charge in [-0.15, -0.1) is 0 Å². The standard InChI is InChI=1S/C7H11N3O2S.C5H12N2/c8-6-9-13(11,12)10-7-4-2-1-3-5-7;1-7-4-2-6-3-5-7/h1-5,9-10H,6,8H2;6H,2-5H2,1H3. The molecule has 0 aliphatic carbocycles. The third-order valence-electron chi connectivity index (χ3n) is 2.64. The van der Waals surface area contributed by atoms with Crippen molar-refractivity contribution in [2.75, 3.05) is 44.6 Å². The van der Waals surface area contributed by atoms with E-state index in [1.165, 1.54) is 13.1 Å². The zero-order chi connectivity index (χ0) is 14.8. The van der Waals surface area contributed by atoms with Crippen molar-refractivity contribution in [3.63, 3.8) is 0 Å². The molecular weight excluding hydrogens is 278 g/mol. The lowest BCUT2D eigenvalue weighted by molar-refractivity contribution is 0.291. The molecule has 20 heavy (non-hydrogen) atoms. The number of para-hydroxylation sites is 1. The number of nitrogens with two attached hydrogens (primary N) is 1. The van der Waals surface area contributed by atoms with Crippen LogP contribution < -0.4 is 20.5 Å². The summed E-state index contributed by atoms with van der Waals surface area (Å²) in [6.45, 7) is 4.62. The summed E-state index contributed by atoms with van der Waals surface area (Å²) in [5, 5.41) is 3.27. The summed E-state index contributed by atoms with van der Waals surface area (Å²) < 4.78 is 26.6. The van der Waals surface area contributed by atoms with Crippen molar-refractivity contribution in [1.29, 1.82) is 0 Å². The Balaban J connectivity index is 0.000000240. The van der Waals surface area contributed by atoms with Crippen LogP contribution in [0.25, 0.3) is 0 Å². The fourth-order valence-electron chi connectivity index (χ4n) is 1.58. The molecule has 0 unspecified atom stereocenters. The van der Waals surface area contributed by atoms with Gasteiger partial charge in [-0.2, -0.15) is 13.1 Å². The van der Waals surface area contributed by atoms with E-state index >= 15 is 0 Å². The number of likely N-dealkylation sites (N-methyl/N-ethyl adjacent to an activating group) is 1. The smallest absolute Gasteiger partial charge is 0.300 e. The lowest BCUT2D eigenvalue weighted by atomic mass is 10.3. The van der Waals surface area contributed by atoms with Crippen LogP contribution in [-0.4, -0.2) is 53.2 Å². The number of rotatable bonds is 4. The Labute approximate surface area is 120 Å². The first-order chi connectivity index (χ1) is 9.53. The van der Waals surface area contributed by atoms with Gasteiger partial charge < -0.3 is 16.0 Å². The average Bonchev–Trinajstić information content (AvgIpc) is 2.40. The third kappa shape index (κ3) is 7.41. The van der Waals surface area contributed by atoms with Gasteiger partial charge in [0.1, 0.15) is 0 Å². The van der Waals surface area contributed by atoms with E-state index in [9.17, 15) is 8.42 Å². The quantitative estimate of drug-likeness (QED) is 0.555. The van der Waals surface area contributed by atoms with Crippen LogP contribution in [0.1, 0.15) is 0 Å². The Bertz CT molecular complexity index is 460. The lowest BCUT2D eigenvalue weighted by Crippen LogP contribution is -2.40. The van der Waals surface area contributed by atoms with Gasteiger partial charge in [-0.3, -0.25) is 4.72 Å². The van der Waals surface area contributed by atoms with E-state index < -0.39 is 10.2 Å². The fraction of sp³-hybridized carbons (Fsp3) is 0.500. The zero-order valence-electron chi connectivity index (χ0n) is 11.7. The number of nitrogens with one attached hydrogen (secondary N) is 3. The van der Waals surface area contributed by atoms with E-state index in [0.29, 0.717) is 5.69 Å². The van der Waals surface area contributed by atoms with E-state index in [1.807, 2.05) is 0 Å². The molecule has 8 heteroatoms. The van der Waals surface area contributed by atoms with Crippen molar-refractivity contribution in [1.82, 2.24) is 14.9 Å². The molecule has 0 radical (unpaired) electrons. The molecule has 0 saturated carbocycles. The number of anilines is 1. The molecule has 5 N–H and O–H groups in total. The molecule has 7 nitrogen and oxygen atoms in total. The van der Waals surface area contributed by atoms with Gasteiger partial charge in [0.2, 0.25) is 0 Å². The minimum Gasteiger partial charge on any atom is -0.318 e. The molecule has 0 aromatic heterocycles. The van der Waals surface area contributed by atoms with Crippen LogP contribution in [0.5, 0.6) is 0 Å². The van der Waals surface area contributed by atoms with Gasteiger partial charge in [0.15, 0.2) is 0 Å². The first kappa shape index (κ1) is 16.9. The average molecular weight is 301 g/mol. The van der Waals surface area contributed by atoms with Crippen LogP contribution in [0, 0.1) is 0 Å². The van der Waals surface area contributed by atoms with Gasteiger partial charge in [0.25, 0.3) is 10.2 Å². The van der Waals surface area contributed by atoms with Crippen molar-refractivity contribution < 1.29 is 8.42 Å². The molecule has 0 amide bonds. The number of hydrogen-bond donors (Lipinski definition) is 4. The Morgan fingerprint density at radius 3 is 2.30 bits per heavy atom. The maximum Gasteiger partial charge on any atom is 0.300 e. The van der Waals surface area contributed by atoms with Gasteiger partial charge in [-0.25, -0.2) is 0 Å². The number of piperazine rings is 1. The highest BCUT2D eigenvalue weighted by Gasteiger charge is 2.06. The number of hydrogen-bond acceptors (Lipinski definition) is 5. The third-order valence-corrected chi connectivity index (χ3v) is 3.69. The predicted molar refractivity (Wildman–Crippen MR) is 81.5 cm³/mol. The maximum absolute atomic E-state index is 11.1. The van der Waals surface area contributed by atoms with Gasteiger partial charge in [0.05, 0.1) is 6.67 Å². The van der Waals surface area contributed by atoms with Gasteiger partial charge >= 0.3 is 0 Å². The first-order valence-corrected chi connectivity index (χ1v) is 7.93. The van der Waals surface area contributed by atoms with Crippen molar-refractivity contribution in [2.45, 2.75) is 0 Å². The van der Waals surface area contributed by atoms with Crippen LogP contribution in [-0.2, 0) is 10.2 Å². The summed E-state index contributed by atoms with van der Waals surface area (Å²) in [6, 6.07) is 8.57. The molecule has 2 rings (SSSR count). The summed E-state index contributed by atoms with van der Waals surface area (Å²) >= 11 is 0.